The zero-order valence-electron chi connectivity index (χ0n) is 11.6. The van der Waals surface area contributed by atoms with Crippen molar-refractivity contribution in [1.82, 2.24) is 5.32 Å². The molecule has 0 heterocycles. The molecule has 2 atom stereocenters. The van der Waals surface area contributed by atoms with E-state index >= 15 is 0 Å². The molecular formula is C13H17BrN2O4. The molecule has 20 heavy (non-hydrogen) atoms. The van der Waals surface area contributed by atoms with Gasteiger partial charge in [-0.2, -0.15) is 0 Å². The molecule has 2 unspecified atom stereocenters. The molecule has 0 saturated carbocycles. The maximum atomic E-state index is 12.1. The van der Waals surface area contributed by atoms with Crippen LogP contribution in [0.2, 0.25) is 0 Å². The summed E-state index contributed by atoms with van der Waals surface area (Å²) in [5.41, 5.74) is 0.174. The third-order valence-electron chi connectivity index (χ3n) is 2.70. The largest absolute Gasteiger partial charge is 0.496 e. The number of nitrogens with one attached hydrogen (secondary N) is 1. The molecule has 0 aromatic heterocycles. The van der Waals surface area contributed by atoms with Gasteiger partial charge in [0.1, 0.15) is 5.75 Å². The molecule has 1 aromatic carbocycles. The van der Waals surface area contributed by atoms with Crippen molar-refractivity contribution in [2.45, 2.75) is 31.1 Å². The van der Waals surface area contributed by atoms with E-state index in [4.69, 9.17) is 4.74 Å². The van der Waals surface area contributed by atoms with E-state index in [-0.39, 0.29) is 33.8 Å². The van der Waals surface area contributed by atoms with Gasteiger partial charge in [-0.1, -0.05) is 22.9 Å². The Morgan fingerprint density at radius 1 is 1.50 bits per heavy atom. The number of alkyl halides is 1. The lowest BCUT2D eigenvalue weighted by atomic mass is 10.1. The monoisotopic (exact) mass is 344 g/mol. The molecule has 0 aliphatic heterocycles. The quantitative estimate of drug-likeness (QED) is 0.488. The van der Waals surface area contributed by atoms with E-state index in [0.29, 0.717) is 0 Å². The maximum absolute atomic E-state index is 12.1. The van der Waals surface area contributed by atoms with Gasteiger partial charge in [-0.05, 0) is 19.4 Å². The van der Waals surface area contributed by atoms with Crippen LogP contribution < -0.4 is 10.1 Å². The first-order valence-electron chi connectivity index (χ1n) is 6.12. The Morgan fingerprint density at radius 2 is 2.15 bits per heavy atom. The van der Waals surface area contributed by atoms with Crippen LogP contribution in [0.4, 0.5) is 5.69 Å². The van der Waals surface area contributed by atoms with Gasteiger partial charge in [-0.25, -0.2) is 0 Å². The first kappa shape index (κ1) is 16.4. The summed E-state index contributed by atoms with van der Waals surface area (Å²) < 4.78 is 5.05. The summed E-state index contributed by atoms with van der Waals surface area (Å²) in [5, 5.41) is 13.5. The van der Waals surface area contributed by atoms with E-state index in [2.05, 4.69) is 21.2 Å². The molecule has 1 aromatic rings. The summed E-state index contributed by atoms with van der Waals surface area (Å²) in [6.07, 6.45) is 0.779. The second-order valence-electron chi connectivity index (χ2n) is 4.53. The average Bonchev–Trinajstić information content (AvgIpc) is 2.36. The number of benzene rings is 1. The van der Waals surface area contributed by atoms with Crippen molar-refractivity contribution >= 4 is 27.5 Å². The zero-order chi connectivity index (χ0) is 15.3. The van der Waals surface area contributed by atoms with Crippen molar-refractivity contribution in [3.8, 4) is 5.75 Å². The van der Waals surface area contributed by atoms with Gasteiger partial charge in [0.05, 0.1) is 23.7 Å². The van der Waals surface area contributed by atoms with Crippen LogP contribution >= 0.6 is 15.9 Å². The van der Waals surface area contributed by atoms with Gasteiger partial charge in [0.25, 0.3) is 11.6 Å². The van der Waals surface area contributed by atoms with Crippen molar-refractivity contribution in [1.29, 1.82) is 0 Å². The van der Waals surface area contributed by atoms with Crippen molar-refractivity contribution in [2.75, 3.05) is 7.11 Å². The fourth-order valence-electron chi connectivity index (χ4n) is 1.83. The molecule has 0 bridgehead atoms. The molecule has 0 aliphatic rings. The Kier molecular flexibility index (Phi) is 5.94. The lowest BCUT2D eigenvalue weighted by molar-refractivity contribution is -0.384. The molecule has 0 aliphatic carbocycles. The van der Waals surface area contributed by atoms with Gasteiger partial charge in [0.15, 0.2) is 0 Å². The van der Waals surface area contributed by atoms with Crippen molar-refractivity contribution in [3.05, 3.63) is 33.9 Å². The number of hydrogen-bond donors (Lipinski definition) is 1. The normalized spacial score (nSPS) is 13.4. The maximum Gasteiger partial charge on any atom is 0.273 e. The number of non-ortho nitro benzene ring substituents is 1. The van der Waals surface area contributed by atoms with Crippen LogP contribution in [0.15, 0.2) is 18.2 Å². The van der Waals surface area contributed by atoms with Gasteiger partial charge in [-0.15, -0.1) is 0 Å². The molecule has 1 N–H and O–H groups in total. The summed E-state index contributed by atoms with van der Waals surface area (Å²) in [7, 11) is 1.37. The highest BCUT2D eigenvalue weighted by Crippen LogP contribution is 2.24. The van der Waals surface area contributed by atoms with Crippen LogP contribution in [0, 0.1) is 10.1 Å². The van der Waals surface area contributed by atoms with Crippen LogP contribution in [0.25, 0.3) is 0 Å². The van der Waals surface area contributed by atoms with Crippen molar-refractivity contribution in [2.24, 2.45) is 0 Å². The number of amides is 1. The number of hydrogen-bond acceptors (Lipinski definition) is 4. The second kappa shape index (κ2) is 7.23. The summed E-state index contributed by atoms with van der Waals surface area (Å²) in [6.45, 7) is 3.89. The Hall–Kier alpha value is -1.63. The molecule has 7 heteroatoms. The number of carbonyl (C=O) groups excluding carboxylic acids is 1. The number of carbonyl (C=O) groups is 1. The first-order valence-corrected chi connectivity index (χ1v) is 7.04. The topological polar surface area (TPSA) is 81.5 Å². The van der Waals surface area contributed by atoms with Gasteiger partial charge < -0.3 is 10.1 Å². The molecule has 6 nitrogen and oxygen atoms in total. The minimum Gasteiger partial charge on any atom is -0.496 e. The third-order valence-corrected chi connectivity index (χ3v) is 3.07. The number of methoxy groups -OCH3 is 1. The molecule has 0 saturated heterocycles. The van der Waals surface area contributed by atoms with E-state index in [9.17, 15) is 14.9 Å². The predicted octanol–water partition coefficient (Wildman–Crippen LogP) is 2.90. The van der Waals surface area contributed by atoms with Crippen LogP contribution in [0.5, 0.6) is 5.75 Å². The minimum atomic E-state index is -0.528. The van der Waals surface area contributed by atoms with E-state index < -0.39 is 4.92 Å². The summed E-state index contributed by atoms with van der Waals surface area (Å²) >= 11 is 3.42. The molecular weight excluding hydrogens is 328 g/mol. The zero-order valence-corrected chi connectivity index (χ0v) is 13.1. The van der Waals surface area contributed by atoms with E-state index in [1.54, 1.807) is 0 Å². The van der Waals surface area contributed by atoms with Gasteiger partial charge in [0, 0.05) is 16.9 Å². The van der Waals surface area contributed by atoms with Crippen LogP contribution in [-0.4, -0.2) is 28.8 Å². The number of rotatable bonds is 6. The molecule has 1 amide bonds. The molecule has 0 fully saturated rings. The summed E-state index contributed by atoms with van der Waals surface area (Å²) in [5.74, 6) is -0.117. The summed E-state index contributed by atoms with van der Waals surface area (Å²) in [4.78, 5) is 22.6. The number of nitrogens with zero attached hydrogens (tertiary/aromatic N) is 1. The molecule has 1 rings (SSSR count). The number of halogens is 1. The Labute approximate surface area is 125 Å². The number of ether oxygens (including phenoxy) is 1. The first-order chi connectivity index (χ1) is 9.35. The highest BCUT2D eigenvalue weighted by molar-refractivity contribution is 9.09. The number of nitro groups is 1. The average molecular weight is 345 g/mol. The lowest BCUT2D eigenvalue weighted by Gasteiger charge is -2.16. The number of nitro benzene ring substituents is 1. The van der Waals surface area contributed by atoms with E-state index in [0.717, 1.165) is 6.42 Å². The highest BCUT2D eigenvalue weighted by Gasteiger charge is 2.18. The molecule has 0 spiro atoms. The van der Waals surface area contributed by atoms with Crippen molar-refractivity contribution in [3.63, 3.8) is 0 Å². The van der Waals surface area contributed by atoms with Crippen LogP contribution in [0.1, 0.15) is 30.6 Å². The predicted molar refractivity (Wildman–Crippen MR) is 79.6 cm³/mol. The van der Waals surface area contributed by atoms with Crippen LogP contribution in [0.3, 0.4) is 0 Å². The second-order valence-corrected chi connectivity index (χ2v) is 6.10. The Morgan fingerprint density at radius 3 is 2.65 bits per heavy atom. The lowest BCUT2D eigenvalue weighted by Crippen LogP contribution is -2.34. The highest BCUT2D eigenvalue weighted by atomic mass is 79.9. The molecule has 110 valence electrons. The van der Waals surface area contributed by atoms with Gasteiger partial charge in [0.2, 0.25) is 0 Å². The SMILES string of the molecule is COc1cc([N+](=O)[O-])ccc1C(=O)NC(C)CC(C)Br. The fourth-order valence-corrected chi connectivity index (χ4v) is 2.39. The van der Waals surface area contributed by atoms with Crippen LogP contribution in [-0.2, 0) is 0 Å². The van der Waals surface area contributed by atoms with E-state index in [1.165, 1.54) is 25.3 Å². The van der Waals surface area contributed by atoms with Gasteiger partial charge >= 0.3 is 0 Å². The van der Waals surface area contributed by atoms with Crippen molar-refractivity contribution < 1.29 is 14.5 Å². The fraction of sp³-hybridized carbons (Fsp3) is 0.462. The minimum absolute atomic E-state index is 0.0169. The summed E-state index contributed by atoms with van der Waals surface area (Å²) in [6, 6.07) is 3.91. The smallest absolute Gasteiger partial charge is 0.273 e. The standard InChI is InChI=1S/C13H17BrN2O4/c1-8(14)6-9(2)15-13(17)11-5-4-10(16(18)19)7-12(11)20-3/h4-5,7-9H,6H2,1-3H3,(H,15,17). The Balaban J connectivity index is 2.90. The molecule has 0 radical (unpaired) electrons. The Bertz CT molecular complexity index is 505. The third kappa shape index (κ3) is 4.48. The van der Waals surface area contributed by atoms with Gasteiger partial charge in [-0.3, -0.25) is 14.9 Å². The van der Waals surface area contributed by atoms with E-state index in [1.807, 2.05) is 13.8 Å².